The first-order chi connectivity index (χ1) is 13.1. The molecule has 0 aliphatic heterocycles. The number of aryl methyl sites for hydroxylation is 1. The Morgan fingerprint density at radius 2 is 2.07 bits per heavy atom. The van der Waals surface area contributed by atoms with Crippen LogP contribution in [0.25, 0.3) is 0 Å². The molecule has 3 rings (SSSR count). The maximum absolute atomic E-state index is 12.7. The summed E-state index contributed by atoms with van der Waals surface area (Å²) >= 11 is 1.54. The number of carbonyl (C=O) groups excluding carboxylic acids is 1. The molecule has 2 aromatic heterocycles. The molecule has 0 radical (unpaired) electrons. The molecule has 5 nitrogen and oxygen atoms in total. The molecule has 0 aliphatic carbocycles. The summed E-state index contributed by atoms with van der Waals surface area (Å²) in [5, 5.41) is 2.87. The Kier molecular flexibility index (Phi) is 6.29. The highest BCUT2D eigenvalue weighted by molar-refractivity contribution is 7.09. The van der Waals surface area contributed by atoms with Crippen molar-refractivity contribution in [2.75, 3.05) is 0 Å². The smallest absolute Gasteiger partial charge is 0.290 e. The third-order valence-electron chi connectivity index (χ3n) is 4.43. The Balaban J connectivity index is 1.64. The van der Waals surface area contributed by atoms with Crippen molar-refractivity contribution in [3.05, 3.63) is 70.1 Å². The summed E-state index contributed by atoms with van der Waals surface area (Å²) in [6.45, 7) is 7.02. The molecule has 1 atom stereocenters. The zero-order valence-corrected chi connectivity index (χ0v) is 16.7. The van der Waals surface area contributed by atoms with Crippen LogP contribution in [0, 0.1) is 6.92 Å². The molecule has 1 aromatic carbocycles. The predicted octanol–water partition coefficient (Wildman–Crippen LogP) is 5.06. The second-order valence-electron chi connectivity index (χ2n) is 6.50. The van der Waals surface area contributed by atoms with Crippen molar-refractivity contribution in [3.63, 3.8) is 0 Å². The molecule has 0 unspecified atom stereocenters. The molecule has 2 heterocycles. The van der Waals surface area contributed by atoms with Gasteiger partial charge in [0.2, 0.25) is 0 Å². The summed E-state index contributed by atoms with van der Waals surface area (Å²) in [5.74, 6) is 1.07. The first kappa shape index (κ1) is 19.2. The number of carbonyl (C=O) groups is 1. The zero-order chi connectivity index (χ0) is 19.2. The van der Waals surface area contributed by atoms with Crippen LogP contribution in [-0.2, 0) is 13.2 Å². The van der Waals surface area contributed by atoms with Crippen molar-refractivity contribution in [1.82, 2.24) is 9.88 Å². The molecule has 0 saturated heterocycles. The van der Waals surface area contributed by atoms with E-state index in [0.717, 1.165) is 22.9 Å². The number of hydrogen-bond acceptors (Lipinski definition) is 5. The lowest BCUT2D eigenvalue weighted by Gasteiger charge is -2.27. The molecule has 0 spiro atoms. The lowest BCUT2D eigenvalue weighted by Crippen LogP contribution is -2.37. The fourth-order valence-corrected chi connectivity index (χ4v) is 3.33. The SMILES string of the molecule is CC[C@@H](C)N(Cc1csc(COc2ccc(C)cc2)n1)C(=O)c1ccco1. The number of hydrogen-bond donors (Lipinski definition) is 0. The number of furan rings is 1. The number of ether oxygens (including phenoxy) is 1. The van der Waals surface area contributed by atoms with Crippen molar-refractivity contribution in [2.45, 2.75) is 46.4 Å². The second kappa shape index (κ2) is 8.86. The lowest BCUT2D eigenvalue weighted by atomic mass is 10.2. The van der Waals surface area contributed by atoms with E-state index < -0.39 is 0 Å². The number of amides is 1. The summed E-state index contributed by atoms with van der Waals surface area (Å²) in [4.78, 5) is 19.2. The summed E-state index contributed by atoms with van der Waals surface area (Å²) in [7, 11) is 0. The molecule has 3 aromatic rings. The quantitative estimate of drug-likeness (QED) is 0.544. The van der Waals surface area contributed by atoms with Crippen molar-refractivity contribution in [1.29, 1.82) is 0 Å². The van der Waals surface area contributed by atoms with Crippen LogP contribution in [-0.4, -0.2) is 21.8 Å². The van der Waals surface area contributed by atoms with Crippen LogP contribution < -0.4 is 4.74 Å². The van der Waals surface area contributed by atoms with Crippen LogP contribution in [0.2, 0.25) is 0 Å². The van der Waals surface area contributed by atoms with Gasteiger partial charge in [-0.1, -0.05) is 24.6 Å². The van der Waals surface area contributed by atoms with Crippen LogP contribution in [0.15, 0.2) is 52.5 Å². The molecule has 27 heavy (non-hydrogen) atoms. The van der Waals surface area contributed by atoms with Gasteiger partial charge in [-0.25, -0.2) is 4.98 Å². The normalized spacial score (nSPS) is 12.0. The number of rotatable bonds is 8. The molecule has 0 fully saturated rings. The van der Waals surface area contributed by atoms with Gasteiger partial charge >= 0.3 is 0 Å². The average molecular weight is 385 g/mol. The summed E-state index contributed by atoms with van der Waals surface area (Å²) in [6, 6.07) is 11.5. The van der Waals surface area contributed by atoms with Gasteiger partial charge in [0.25, 0.3) is 5.91 Å². The lowest BCUT2D eigenvalue weighted by molar-refractivity contribution is 0.0636. The minimum Gasteiger partial charge on any atom is -0.486 e. The van der Waals surface area contributed by atoms with E-state index in [0.29, 0.717) is 18.9 Å². The molecule has 142 valence electrons. The van der Waals surface area contributed by atoms with E-state index in [-0.39, 0.29) is 11.9 Å². The van der Waals surface area contributed by atoms with E-state index in [2.05, 4.69) is 11.9 Å². The standard InChI is InChI=1S/C21H24N2O3S/c1-4-16(3)23(21(24)19-6-5-11-25-19)12-17-14-27-20(22-17)13-26-18-9-7-15(2)8-10-18/h5-11,14,16H,4,12-13H2,1-3H3/t16-/m1/s1. The fourth-order valence-electron chi connectivity index (χ4n) is 2.63. The number of aromatic nitrogens is 1. The van der Waals surface area contributed by atoms with Gasteiger partial charge in [-0.15, -0.1) is 11.3 Å². The summed E-state index contributed by atoms with van der Waals surface area (Å²) in [6.07, 6.45) is 2.38. The largest absolute Gasteiger partial charge is 0.486 e. The third kappa shape index (κ3) is 4.98. The maximum atomic E-state index is 12.7. The summed E-state index contributed by atoms with van der Waals surface area (Å²) < 4.78 is 11.1. The highest BCUT2D eigenvalue weighted by Crippen LogP contribution is 2.19. The van der Waals surface area contributed by atoms with E-state index in [1.165, 1.54) is 11.8 Å². The number of nitrogens with zero attached hydrogens (tertiary/aromatic N) is 2. The van der Waals surface area contributed by atoms with Crippen molar-refractivity contribution < 1.29 is 13.9 Å². The minimum atomic E-state index is -0.111. The van der Waals surface area contributed by atoms with E-state index >= 15 is 0 Å². The van der Waals surface area contributed by atoms with Gasteiger partial charge in [0.1, 0.15) is 17.4 Å². The highest BCUT2D eigenvalue weighted by Gasteiger charge is 2.23. The van der Waals surface area contributed by atoms with Gasteiger partial charge in [0.15, 0.2) is 5.76 Å². The van der Waals surface area contributed by atoms with Gasteiger partial charge in [-0.2, -0.15) is 0 Å². The van der Waals surface area contributed by atoms with Crippen LogP contribution in [0.1, 0.15) is 47.1 Å². The van der Waals surface area contributed by atoms with Crippen LogP contribution in [0.5, 0.6) is 5.75 Å². The Morgan fingerprint density at radius 1 is 1.30 bits per heavy atom. The first-order valence-electron chi connectivity index (χ1n) is 9.04. The molecule has 6 heteroatoms. The third-order valence-corrected chi connectivity index (χ3v) is 5.30. The van der Waals surface area contributed by atoms with Gasteiger partial charge in [0.05, 0.1) is 18.5 Å². The Hall–Kier alpha value is -2.60. The molecule has 0 N–H and O–H groups in total. The molecular weight excluding hydrogens is 360 g/mol. The topological polar surface area (TPSA) is 55.6 Å². The van der Waals surface area contributed by atoms with Gasteiger partial charge in [-0.3, -0.25) is 4.79 Å². The minimum absolute atomic E-state index is 0.0940. The number of thiazole rings is 1. The summed E-state index contributed by atoms with van der Waals surface area (Å²) in [5.41, 5.74) is 2.06. The van der Waals surface area contributed by atoms with Crippen molar-refractivity contribution in [3.8, 4) is 5.75 Å². The van der Waals surface area contributed by atoms with E-state index in [1.807, 2.05) is 43.5 Å². The Bertz CT molecular complexity index is 856. The molecule has 0 bridgehead atoms. The molecule has 0 saturated carbocycles. The fraction of sp³-hybridized carbons (Fsp3) is 0.333. The second-order valence-corrected chi connectivity index (χ2v) is 7.44. The van der Waals surface area contributed by atoms with E-state index in [4.69, 9.17) is 9.15 Å². The van der Waals surface area contributed by atoms with Gasteiger partial charge in [-0.05, 0) is 44.5 Å². The van der Waals surface area contributed by atoms with Gasteiger partial charge < -0.3 is 14.1 Å². The number of benzene rings is 1. The van der Waals surface area contributed by atoms with E-state index in [1.54, 1.807) is 28.4 Å². The highest BCUT2D eigenvalue weighted by atomic mass is 32.1. The molecule has 0 aliphatic rings. The van der Waals surface area contributed by atoms with Crippen LogP contribution in [0.4, 0.5) is 0 Å². The van der Waals surface area contributed by atoms with Crippen molar-refractivity contribution >= 4 is 17.2 Å². The van der Waals surface area contributed by atoms with Crippen molar-refractivity contribution in [2.24, 2.45) is 0 Å². The maximum Gasteiger partial charge on any atom is 0.290 e. The van der Waals surface area contributed by atoms with E-state index in [9.17, 15) is 4.79 Å². The Labute approximate surface area is 163 Å². The first-order valence-corrected chi connectivity index (χ1v) is 9.92. The monoisotopic (exact) mass is 384 g/mol. The molecule has 1 amide bonds. The Morgan fingerprint density at radius 3 is 2.74 bits per heavy atom. The van der Waals surface area contributed by atoms with Crippen LogP contribution in [0.3, 0.4) is 0 Å². The predicted molar refractivity (Wildman–Crippen MR) is 106 cm³/mol. The molecular formula is C21H24N2O3S. The zero-order valence-electron chi connectivity index (χ0n) is 15.8. The average Bonchev–Trinajstić information content (AvgIpc) is 3.36. The van der Waals surface area contributed by atoms with Gasteiger partial charge in [0, 0.05) is 11.4 Å². The van der Waals surface area contributed by atoms with Crippen LogP contribution >= 0.6 is 11.3 Å².